The molecule has 1 heterocycles. The highest BCUT2D eigenvalue weighted by molar-refractivity contribution is 6.04. The van der Waals surface area contributed by atoms with Crippen LogP contribution in [-0.2, 0) is 6.61 Å². The Labute approximate surface area is 159 Å². The minimum absolute atomic E-state index is 0.217. The Morgan fingerprint density at radius 1 is 1.00 bits per heavy atom. The van der Waals surface area contributed by atoms with E-state index in [4.69, 9.17) is 9.26 Å². The van der Waals surface area contributed by atoms with E-state index in [1.54, 1.807) is 6.92 Å². The zero-order chi connectivity index (χ0) is 19.6. The number of aromatic nitrogens is 1. The quantitative estimate of drug-likeness (QED) is 0.688. The summed E-state index contributed by atoms with van der Waals surface area (Å²) in [5, 5.41) is 6.91. The third-order valence-electron chi connectivity index (χ3n) is 4.85. The Bertz CT molecular complexity index is 969. The monoisotopic (exact) mass is 364 g/mol. The molecule has 1 aromatic heterocycles. The van der Waals surface area contributed by atoms with Gasteiger partial charge in [0.25, 0.3) is 5.91 Å². The summed E-state index contributed by atoms with van der Waals surface area (Å²) >= 11 is 0. The fourth-order valence-corrected chi connectivity index (χ4v) is 2.95. The van der Waals surface area contributed by atoms with Gasteiger partial charge in [-0.25, -0.2) is 0 Å². The van der Waals surface area contributed by atoms with Gasteiger partial charge in [0.2, 0.25) is 0 Å². The Hall–Kier alpha value is -3.08. The molecule has 0 saturated heterocycles. The van der Waals surface area contributed by atoms with Crippen LogP contribution in [0.5, 0.6) is 5.75 Å². The van der Waals surface area contributed by atoms with Crippen molar-refractivity contribution >= 4 is 11.6 Å². The predicted octanol–water partition coefficient (Wildman–Crippen LogP) is 5.05. The first-order valence-electron chi connectivity index (χ1n) is 8.90. The normalized spacial score (nSPS) is 10.7. The van der Waals surface area contributed by atoms with Crippen LogP contribution < -0.4 is 10.1 Å². The van der Waals surface area contributed by atoms with Crippen molar-refractivity contribution in [3.8, 4) is 5.75 Å². The van der Waals surface area contributed by atoms with Gasteiger partial charge in [0.05, 0.1) is 5.56 Å². The highest BCUT2D eigenvalue weighted by Gasteiger charge is 2.21. The van der Waals surface area contributed by atoms with Gasteiger partial charge in [0, 0.05) is 5.69 Å². The van der Waals surface area contributed by atoms with E-state index < -0.39 is 0 Å². The van der Waals surface area contributed by atoms with Crippen molar-refractivity contribution < 1.29 is 14.1 Å². The zero-order valence-electron chi connectivity index (χ0n) is 16.3. The average molecular weight is 364 g/mol. The molecule has 5 nitrogen and oxygen atoms in total. The molecule has 3 aromatic rings. The standard InChI is InChI=1S/C22H24N2O3/c1-13-8-7-11-19(16(13)4)26-12-18-17(5)27-24-21(18)22(25)23-20-14(2)9-6-10-15(20)3/h6-11H,12H2,1-5H3,(H,23,25). The Balaban J connectivity index is 1.82. The van der Waals surface area contributed by atoms with Crippen LogP contribution >= 0.6 is 0 Å². The number of amides is 1. The number of nitrogens with one attached hydrogen (secondary N) is 1. The summed E-state index contributed by atoms with van der Waals surface area (Å²) in [5.74, 6) is 1.06. The second kappa shape index (κ2) is 7.66. The van der Waals surface area contributed by atoms with Crippen LogP contribution in [0, 0.1) is 34.6 Å². The van der Waals surface area contributed by atoms with E-state index in [1.165, 1.54) is 0 Å². The first-order valence-corrected chi connectivity index (χ1v) is 8.90. The number of ether oxygens (including phenoxy) is 1. The molecule has 5 heteroatoms. The second-order valence-corrected chi connectivity index (χ2v) is 6.77. The number of carbonyl (C=O) groups is 1. The van der Waals surface area contributed by atoms with Crippen molar-refractivity contribution in [3.05, 3.63) is 75.7 Å². The maximum absolute atomic E-state index is 12.8. The van der Waals surface area contributed by atoms with E-state index in [0.717, 1.165) is 33.7 Å². The van der Waals surface area contributed by atoms with Crippen molar-refractivity contribution in [2.75, 3.05) is 5.32 Å². The molecule has 0 aliphatic carbocycles. The minimum Gasteiger partial charge on any atom is -0.488 e. The number of carbonyl (C=O) groups excluding carboxylic acids is 1. The summed E-state index contributed by atoms with van der Waals surface area (Å²) in [6.45, 7) is 9.97. The molecule has 2 aromatic carbocycles. The van der Waals surface area contributed by atoms with E-state index in [-0.39, 0.29) is 18.2 Å². The van der Waals surface area contributed by atoms with Gasteiger partial charge in [0.1, 0.15) is 18.1 Å². The van der Waals surface area contributed by atoms with Gasteiger partial charge in [-0.05, 0) is 62.9 Å². The zero-order valence-corrected chi connectivity index (χ0v) is 16.3. The fraction of sp³-hybridized carbons (Fsp3) is 0.273. The second-order valence-electron chi connectivity index (χ2n) is 6.77. The van der Waals surface area contributed by atoms with Crippen LogP contribution in [0.3, 0.4) is 0 Å². The molecule has 140 valence electrons. The topological polar surface area (TPSA) is 64.4 Å². The first-order chi connectivity index (χ1) is 12.9. The van der Waals surface area contributed by atoms with Crippen LogP contribution in [0.1, 0.15) is 44.1 Å². The summed E-state index contributed by atoms with van der Waals surface area (Å²) < 4.78 is 11.2. The van der Waals surface area contributed by atoms with Crippen LogP contribution in [0.4, 0.5) is 5.69 Å². The molecule has 0 spiro atoms. The van der Waals surface area contributed by atoms with Gasteiger partial charge in [-0.3, -0.25) is 4.79 Å². The maximum atomic E-state index is 12.8. The van der Waals surface area contributed by atoms with Crippen molar-refractivity contribution in [3.63, 3.8) is 0 Å². The summed E-state index contributed by atoms with van der Waals surface area (Å²) in [5.41, 5.74) is 5.92. The van der Waals surface area contributed by atoms with E-state index >= 15 is 0 Å². The molecule has 0 atom stereocenters. The number of anilines is 1. The lowest BCUT2D eigenvalue weighted by Crippen LogP contribution is -2.17. The van der Waals surface area contributed by atoms with E-state index in [2.05, 4.69) is 10.5 Å². The van der Waals surface area contributed by atoms with E-state index in [1.807, 2.05) is 64.1 Å². The number of rotatable bonds is 5. The molecule has 0 fully saturated rings. The molecule has 0 aliphatic heterocycles. The fourth-order valence-electron chi connectivity index (χ4n) is 2.95. The van der Waals surface area contributed by atoms with Crippen molar-refractivity contribution in [2.45, 2.75) is 41.2 Å². The van der Waals surface area contributed by atoms with Gasteiger partial charge >= 0.3 is 0 Å². The van der Waals surface area contributed by atoms with Gasteiger partial charge < -0.3 is 14.6 Å². The van der Waals surface area contributed by atoms with E-state index in [9.17, 15) is 4.79 Å². The molecule has 27 heavy (non-hydrogen) atoms. The van der Waals surface area contributed by atoms with Gasteiger partial charge in [-0.2, -0.15) is 0 Å². The SMILES string of the molecule is Cc1cccc(OCc2c(C(=O)Nc3c(C)cccc3C)noc2C)c1C. The molecule has 3 rings (SSSR count). The molecular formula is C22H24N2O3. The Morgan fingerprint density at radius 2 is 1.63 bits per heavy atom. The minimum atomic E-state index is -0.302. The lowest BCUT2D eigenvalue weighted by atomic mass is 10.1. The summed E-state index contributed by atoms with van der Waals surface area (Å²) in [7, 11) is 0. The van der Waals surface area contributed by atoms with Gasteiger partial charge in [-0.1, -0.05) is 35.5 Å². The molecule has 0 aliphatic rings. The number of hydrogen-bond acceptors (Lipinski definition) is 4. The molecule has 1 amide bonds. The average Bonchev–Trinajstić information content (AvgIpc) is 3.00. The van der Waals surface area contributed by atoms with Crippen LogP contribution in [0.25, 0.3) is 0 Å². The Morgan fingerprint density at radius 3 is 2.33 bits per heavy atom. The summed E-state index contributed by atoms with van der Waals surface area (Å²) in [6.07, 6.45) is 0. The molecule has 0 bridgehead atoms. The van der Waals surface area contributed by atoms with Gasteiger partial charge in [-0.15, -0.1) is 0 Å². The number of para-hydroxylation sites is 1. The third-order valence-corrected chi connectivity index (χ3v) is 4.85. The highest BCUT2D eigenvalue weighted by atomic mass is 16.5. The van der Waals surface area contributed by atoms with E-state index in [0.29, 0.717) is 11.3 Å². The molecule has 0 saturated carbocycles. The predicted molar refractivity (Wildman–Crippen MR) is 105 cm³/mol. The summed E-state index contributed by atoms with van der Waals surface area (Å²) in [4.78, 5) is 12.8. The molecule has 1 N–H and O–H groups in total. The van der Waals surface area contributed by atoms with Crippen LogP contribution in [0.15, 0.2) is 40.9 Å². The number of nitrogens with zero attached hydrogens (tertiary/aromatic N) is 1. The highest BCUT2D eigenvalue weighted by Crippen LogP contribution is 2.25. The molecule has 0 unspecified atom stereocenters. The smallest absolute Gasteiger partial charge is 0.278 e. The molecular weight excluding hydrogens is 340 g/mol. The number of aryl methyl sites for hydroxylation is 4. The largest absolute Gasteiger partial charge is 0.488 e. The van der Waals surface area contributed by atoms with Crippen molar-refractivity contribution in [1.29, 1.82) is 0 Å². The molecule has 0 radical (unpaired) electrons. The summed E-state index contributed by atoms with van der Waals surface area (Å²) in [6, 6.07) is 11.8. The van der Waals surface area contributed by atoms with Crippen molar-refractivity contribution in [1.82, 2.24) is 5.16 Å². The van der Waals surface area contributed by atoms with Crippen LogP contribution in [0.2, 0.25) is 0 Å². The third kappa shape index (κ3) is 3.87. The first kappa shape index (κ1) is 18.7. The van der Waals surface area contributed by atoms with Crippen LogP contribution in [-0.4, -0.2) is 11.1 Å². The lowest BCUT2D eigenvalue weighted by Gasteiger charge is -2.12. The number of benzene rings is 2. The lowest BCUT2D eigenvalue weighted by molar-refractivity contribution is 0.101. The Kier molecular flexibility index (Phi) is 5.31. The van der Waals surface area contributed by atoms with Crippen molar-refractivity contribution in [2.24, 2.45) is 0 Å². The maximum Gasteiger partial charge on any atom is 0.278 e. The number of hydrogen-bond donors (Lipinski definition) is 1. The van der Waals surface area contributed by atoms with Gasteiger partial charge in [0.15, 0.2) is 5.69 Å².